The summed E-state index contributed by atoms with van der Waals surface area (Å²) in [5.74, 6) is 3.22. The monoisotopic (exact) mass is 490 g/mol. The number of nitrogens with zero attached hydrogens (tertiary/aromatic N) is 2. The summed E-state index contributed by atoms with van der Waals surface area (Å²) in [6.07, 6.45) is 3.28. The molecule has 27 heavy (non-hydrogen) atoms. The van der Waals surface area contributed by atoms with Crippen LogP contribution in [0, 0.1) is 5.92 Å². The molecule has 0 spiro atoms. The van der Waals surface area contributed by atoms with Gasteiger partial charge in [-0.15, -0.1) is 24.0 Å². The SMILES string of the molecule is CCOc1cc(CCCNC(=NC)NCC2CCN(C)C2)ccc1OC.I. The highest BCUT2D eigenvalue weighted by Gasteiger charge is 2.19. The Hall–Kier alpha value is -1.22. The molecule has 0 saturated carbocycles. The predicted molar refractivity (Wildman–Crippen MR) is 123 cm³/mol. The van der Waals surface area contributed by atoms with E-state index in [4.69, 9.17) is 9.47 Å². The zero-order valence-corrected chi connectivity index (χ0v) is 19.4. The first-order valence-corrected chi connectivity index (χ1v) is 9.59. The number of hydrogen-bond donors (Lipinski definition) is 2. The number of halogens is 1. The fourth-order valence-corrected chi connectivity index (χ4v) is 3.30. The van der Waals surface area contributed by atoms with Crippen LogP contribution in [0.1, 0.15) is 25.3 Å². The van der Waals surface area contributed by atoms with Crippen LogP contribution in [0.15, 0.2) is 23.2 Å². The summed E-state index contributed by atoms with van der Waals surface area (Å²) in [6.45, 7) is 6.87. The topological polar surface area (TPSA) is 58.1 Å². The minimum Gasteiger partial charge on any atom is -0.493 e. The molecule has 1 aliphatic rings. The number of rotatable bonds is 9. The van der Waals surface area contributed by atoms with Crippen LogP contribution in [0.25, 0.3) is 0 Å². The molecule has 1 aromatic carbocycles. The summed E-state index contributed by atoms with van der Waals surface area (Å²) in [7, 11) is 5.68. The van der Waals surface area contributed by atoms with Crippen LogP contribution in [0.2, 0.25) is 0 Å². The third-order valence-electron chi connectivity index (χ3n) is 4.73. The number of aliphatic imine (C=N–C) groups is 1. The summed E-state index contributed by atoms with van der Waals surface area (Å²) in [6, 6.07) is 6.16. The molecule has 1 saturated heterocycles. The van der Waals surface area contributed by atoms with Gasteiger partial charge in [-0.3, -0.25) is 4.99 Å². The van der Waals surface area contributed by atoms with E-state index < -0.39 is 0 Å². The van der Waals surface area contributed by atoms with Crippen LogP contribution < -0.4 is 20.1 Å². The number of ether oxygens (including phenoxy) is 2. The van der Waals surface area contributed by atoms with E-state index in [-0.39, 0.29) is 24.0 Å². The van der Waals surface area contributed by atoms with Crippen LogP contribution in [-0.2, 0) is 6.42 Å². The largest absolute Gasteiger partial charge is 0.493 e. The lowest BCUT2D eigenvalue weighted by Crippen LogP contribution is -2.40. The van der Waals surface area contributed by atoms with Crippen LogP contribution in [-0.4, -0.2) is 64.9 Å². The van der Waals surface area contributed by atoms with Gasteiger partial charge >= 0.3 is 0 Å². The molecule has 7 heteroatoms. The van der Waals surface area contributed by atoms with Crippen molar-refractivity contribution in [2.24, 2.45) is 10.9 Å². The van der Waals surface area contributed by atoms with Crippen molar-refractivity contribution in [2.45, 2.75) is 26.2 Å². The summed E-state index contributed by atoms with van der Waals surface area (Å²) < 4.78 is 11.0. The third kappa shape index (κ3) is 8.13. The van der Waals surface area contributed by atoms with Gasteiger partial charge < -0.3 is 25.0 Å². The Morgan fingerprint density at radius 1 is 1.30 bits per heavy atom. The van der Waals surface area contributed by atoms with E-state index in [0.717, 1.165) is 49.3 Å². The number of aryl methyl sites for hydroxylation is 1. The van der Waals surface area contributed by atoms with Gasteiger partial charge in [-0.05, 0) is 63.4 Å². The first-order valence-electron chi connectivity index (χ1n) is 9.59. The van der Waals surface area contributed by atoms with Crippen molar-refractivity contribution in [1.29, 1.82) is 0 Å². The zero-order valence-electron chi connectivity index (χ0n) is 17.1. The maximum atomic E-state index is 5.65. The molecule has 0 bridgehead atoms. The minimum absolute atomic E-state index is 0. The van der Waals surface area contributed by atoms with Crippen molar-refractivity contribution in [3.05, 3.63) is 23.8 Å². The molecule has 1 aromatic rings. The molecular formula is C20H35IN4O2. The number of hydrogen-bond acceptors (Lipinski definition) is 4. The number of benzene rings is 1. The lowest BCUT2D eigenvalue weighted by Gasteiger charge is -2.15. The first-order chi connectivity index (χ1) is 12.7. The van der Waals surface area contributed by atoms with E-state index in [1.807, 2.05) is 20.0 Å². The molecule has 2 rings (SSSR count). The molecule has 1 unspecified atom stereocenters. The number of guanidine groups is 1. The van der Waals surface area contributed by atoms with Crippen molar-refractivity contribution >= 4 is 29.9 Å². The highest BCUT2D eigenvalue weighted by Crippen LogP contribution is 2.28. The molecule has 1 aliphatic heterocycles. The quantitative estimate of drug-likeness (QED) is 0.241. The van der Waals surface area contributed by atoms with Crippen LogP contribution in [0.4, 0.5) is 0 Å². The average molecular weight is 490 g/mol. The predicted octanol–water partition coefficient (Wildman–Crippen LogP) is 2.76. The van der Waals surface area contributed by atoms with Crippen molar-refractivity contribution < 1.29 is 9.47 Å². The van der Waals surface area contributed by atoms with E-state index in [1.54, 1.807) is 7.11 Å². The summed E-state index contributed by atoms with van der Waals surface area (Å²) in [4.78, 5) is 6.70. The van der Waals surface area contributed by atoms with E-state index in [0.29, 0.717) is 6.61 Å². The number of nitrogens with one attached hydrogen (secondary N) is 2. The maximum Gasteiger partial charge on any atom is 0.190 e. The average Bonchev–Trinajstić information content (AvgIpc) is 3.07. The van der Waals surface area contributed by atoms with Crippen LogP contribution >= 0.6 is 24.0 Å². The molecule has 154 valence electrons. The molecule has 0 aromatic heterocycles. The van der Waals surface area contributed by atoms with Gasteiger partial charge in [-0.1, -0.05) is 6.07 Å². The fourth-order valence-electron chi connectivity index (χ4n) is 3.30. The number of methoxy groups -OCH3 is 1. The Balaban J connectivity index is 0.00000364. The second-order valence-corrected chi connectivity index (χ2v) is 6.82. The standard InChI is InChI=1S/C20H34N4O2.HI/c1-5-26-19-13-16(8-9-18(19)25-4)7-6-11-22-20(21-2)23-14-17-10-12-24(3)15-17;/h8-9,13,17H,5-7,10-12,14-15H2,1-4H3,(H2,21,22,23);1H. The second-order valence-electron chi connectivity index (χ2n) is 6.82. The molecule has 0 radical (unpaired) electrons. The molecule has 1 heterocycles. The summed E-state index contributed by atoms with van der Waals surface area (Å²) in [5.41, 5.74) is 1.26. The zero-order chi connectivity index (χ0) is 18.8. The Bertz CT molecular complexity index is 583. The Morgan fingerprint density at radius 2 is 2.11 bits per heavy atom. The smallest absolute Gasteiger partial charge is 0.190 e. The van der Waals surface area contributed by atoms with Gasteiger partial charge in [-0.25, -0.2) is 0 Å². The Morgan fingerprint density at radius 3 is 2.74 bits per heavy atom. The first kappa shape index (κ1) is 23.8. The number of likely N-dealkylation sites (tertiary alicyclic amines) is 1. The van der Waals surface area contributed by atoms with Crippen molar-refractivity contribution in [1.82, 2.24) is 15.5 Å². The van der Waals surface area contributed by atoms with E-state index >= 15 is 0 Å². The van der Waals surface area contributed by atoms with Crippen molar-refractivity contribution in [3.8, 4) is 11.5 Å². The van der Waals surface area contributed by atoms with Gasteiger partial charge in [0.25, 0.3) is 0 Å². The normalized spacial score (nSPS) is 17.3. The molecule has 2 N–H and O–H groups in total. The van der Waals surface area contributed by atoms with Gasteiger partial charge in [-0.2, -0.15) is 0 Å². The van der Waals surface area contributed by atoms with Crippen LogP contribution in [0.3, 0.4) is 0 Å². The molecule has 0 amide bonds. The lowest BCUT2D eigenvalue weighted by molar-refractivity contribution is 0.310. The van der Waals surface area contributed by atoms with Gasteiger partial charge in [0.1, 0.15) is 0 Å². The molecule has 1 atom stereocenters. The lowest BCUT2D eigenvalue weighted by atomic mass is 10.1. The highest BCUT2D eigenvalue weighted by molar-refractivity contribution is 14.0. The van der Waals surface area contributed by atoms with Crippen molar-refractivity contribution in [3.63, 3.8) is 0 Å². The van der Waals surface area contributed by atoms with Gasteiger partial charge in [0.05, 0.1) is 13.7 Å². The molecular weight excluding hydrogens is 455 g/mol. The minimum atomic E-state index is 0. The van der Waals surface area contributed by atoms with E-state index in [2.05, 4.69) is 39.7 Å². The maximum absolute atomic E-state index is 5.65. The molecule has 1 fully saturated rings. The third-order valence-corrected chi connectivity index (χ3v) is 4.73. The Labute approximate surface area is 181 Å². The summed E-state index contributed by atoms with van der Waals surface area (Å²) in [5, 5.41) is 6.85. The van der Waals surface area contributed by atoms with Gasteiger partial charge in [0, 0.05) is 26.7 Å². The second kappa shape index (κ2) is 13.0. The van der Waals surface area contributed by atoms with Crippen LogP contribution in [0.5, 0.6) is 11.5 Å². The summed E-state index contributed by atoms with van der Waals surface area (Å²) >= 11 is 0. The fraction of sp³-hybridized carbons (Fsp3) is 0.650. The van der Waals surface area contributed by atoms with Crippen molar-refractivity contribution in [2.75, 3.05) is 54.0 Å². The molecule has 0 aliphatic carbocycles. The van der Waals surface area contributed by atoms with Gasteiger partial charge in [0.2, 0.25) is 0 Å². The van der Waals surface area contributed by atoms with E-state index in [9.17, 15) is 0 Å². The highest BCUT2D eigenvalue weighted by atomic mass is 127. The Kier molecular flexibility index (Phi) is 11.5. The van der Waals surface area contributed by atoms with E-state index in [1.165, 1.54) is 25.1 Å². The molecule has 6 nitrogen and oxygen atoms in total. The van der Waals surface area contributed by atoms with Gasteiger partial charge in [0.15, 0.2) is 17.5 Å².